The van der Waals surface area contributed by atoms with E-state index in [2.05, 4.69) is 12.2 Å². The fraction of sp³-hybridized carbons (Fsp3) is 0.667. The molecule has 0 radical (unpaired) electrons. The van der Waals surface area contributed by atoms with Crippen molar-refractivity contribution in [3.63, 3.8) is 0 Å². The maximum atomic E-state index is 5.02. The first-order valence-corrected chi connectivity index (χ1v) is 5.59. The van der Waals surface area contributed by atoms with Crippen LogP contribution in [0.5, 0.6) is 0 Å². The molecular weight excluding hydrogens is 174 g/mol. The van der Waals surface area contributed by atoms with Crippen LogP contribution in [0, 0.1) is 5.92 Å². The minimum atomic E-state index is 0.634. The van der Waals surface area contributed by atoms with Gasteiger partial charge in [-0.15, -0.1) is 0 Å². The van der Waals surface area contributed by atoms with E-state index in [0.717, 1.165) is 12.5 Å². The summed E-state index contributed by atoms with van der Waals surface area (Å²) in [6, 6.07) is 2.65. The van der Waals surface area contributed by atoms with Crippen molar-refractivity contribution in [1.82, 2.24) is 5.32 Å². The monoisotopic (exact) mass is 193 g/mol. The standard InChI is InChI=1S/C12H19NO/c1-10(7-11-3-2-4-11)13-8-12-5-6-14-9-12/h5-6,9-11,13H,2-4,7-8H2,1H3. The van der Waals surface area contributed by atoms with Gasteiger partial charge in [-0.2, -0.15) is 0 Å². The van der Waals surface area contributed by atoms with Crippen molar-refractivity contribution >= 4 is 0 Å². The van der Waals surface area contributed by atoms with Crippen molar-refractivity contribution in [2.24, 2.45) is 5.92 Å². The van der Waals surface area contributed by atoms with E-state index in [4.69, 9.17) is 4.42 Å². The molecule has 0 aromatic carbocycles. The zero-order valence-corrected chi connectivity index (χ0v) is 8.83. The van der Waals surface area contributed by atoms with Crippen molar-refractivity contribution < 1.29 is 4.42 Å². The van der Waals surface area contributed by atoms with E-state index >= 15 is 0 Å². The summed E-state index contributed by atoms with van der Waals surface area (Å²) in [5.41, 5.74) is 1.24. The summed E-state index contributed by atoms with van der Waals surface area (Å²) in [5.74, 6) is 0.988. The highest BCUT2D eigenvalue weighted by atomic mass is 16.3. The number of furan rings is 1. The van der Waals surface area contributed by atoms with Crippen LogP contribution in [0.25, 0.3) is 0 Å². The van der Waals surface area contributed by atoms with Crippen LogP contribution >= 0.6 is 0 Å². The molecule has 1 aromatic rings. The SMILES string of the molecule is CC(CC1CCC1)NCc1ccoc1. The smallest absolute Gasteiger partial charge is 0.0947 e. The molecule has 0 spiro atoms. The molecule has 14 heavy (non-hydrogen) atoms. The van der Waals surface area contributed by atoms with Crippen molar-refractivity contribution in [2.75, 3.05) is 0 Å². The van der Waals surface area contributed by atoms with Gasteiger partial charge in [0.05, 0.1) is 12.5 Å². The van der Waals surface area contributed by atoms with Gasteiger partial charge in [0.15, 0.2) is 0 Å². The average molecular weight is 193 g/mol. The Morgan fingerprint density at radius 1 is 1.57 bits per heavy atom. The fourth-order valence-corrected chi connectivity index (χ4v) is 2.00. The quantitative estimate of drug-likeness (QED) is 0.777. The third-order valence-corrected chi connectivity index (χ3v) is 3.15. The Kier molecular flexibility index (Phi) is 3.25. The largest absolute Gasteiger partial charge is 0.472 e. The molecule has 1 fully saturated rings. The predicted molar refractivity (Wildman–Crippen MR) is 57.0 cm³/mol. The van der Waals surface area contributed by atoms with E-state index < -0.39 is 0 Å². The lowest BCUT2D eigenvalue weighted by molar-refractivity contribution is 0.265. The predicted octanol–water partition coefficient (Wildman–Crippen LogP) is 2.95. The van der Waals surface area contributed by atoms with Gasteiger partial charge in [0.2, 0.25) is 0 Å². The number of rotatable bonds is 5. The fourth-order valence-electron chi connectivity index (χ4n) is 2.00. The normalized spacial score (nSPS) is 19.2. The number of hydrogen-bond donors (Lipinski definition) is 1. The van der Waals surface area contributed by atoms with Crippen LogP contribution in [0.4, 0.5) is 0 Å². The van der Waals surface area contributed by atoms with E-state index in [0.29, 0.717) is 6.04 Å². The van der Waals surface area contributed by atoms with Gasteiger partial charge in [-0.3, -0.25) is 0 Å². The molecule has 1 aromatic heterocycles. The van der Waals surface area contributed by atoms with Crippen LogP contribution in [-0.2, 0) is 6.54 Å². The summed E-state index contributed by atoms with van der Waals surface area (Å²) in [5, 5.41) is 3.52. The van der Waals surface area contributed by atoms with Crippen molar-refractivity contribution in [1.29, 1.82) is 0 Å². The molecule has 1 N–H and O–H groups in total. The zero-order chi connectivity index (χ0) is 9.80. The minimum absolute atomic E-state index is 0.634. The lowest BCUT2D eigenvalue weighted by atomic mass is 9.81. The first-order chi connectivity index (χ1) is 6.84. The zero-order valence-electron chi connectivity index (χ0n) is 8.83. The molecule has 1 unspecified atom stereocenters. The molecule has 0 aliphatic heterocycles. The Morgan fingerprint density at radius 3 is 3.00 bits per heavy atom. The molecule has 1 atom stereocenters. The highest BCUT2D eigenvalue weighted by Crippen LogP contribution is 2.30. The molecule has 1 saturated carbocycles. The maximum Gasteiger partial charge on any atom is 0.0947 e. The van der Waals surface area contributed by atoms with E-state index in [1.165, 1.54) is 31.2 Å². The van der Waals surface area contributed by atoms with Gasteiger partial charge >= 0.3 is 0 Å². The summed E-state index contributed by atoms with van der Waals surface area (Å²) in [7, 11) is 0. The molecule has 1 aliphatic rings. The summed E-state index contributed by atoms with van der Waals surface area (Å²) in [6.45, 7) is 3.21. The van der Waals surface area contributed by atoms with Crippen LogP contribution in [0.2, 0.25) is 0 Å². The summed E-state index contributed by atoms with van der Waals surface area (Å²) >= 11 is 0. The summed E-state index contributed by atoms with van der Waals surface area (Å²) in [4.78, 5) is 0. The first-order valence-electron chi connectivity index (χ1n) is 5.59. The van der Waals surface area contributed by atoms with Crippen LogP contribution in [0.3, 0.4) is 0 Å². The molecule has 0 bridgehead atoms. The second-order valence-electron chi connectivity index (χ2n) is 4.45. The Labute approximate surface area is 85.7 Å². The lowest BCUT2D eigenvalue weighted by Crippen LogP contribution is -2.29. The maximum absolute atomic E-state index is 5.02. The van der Waals surface area contributed by atoms with Crippen molar-refractivity contribution in [3.05, 3.63) is 24.2 Å². The van der Waals surface area contributed by atoms with Gasteiger partial charge in [0.25, 0.3) is 0 Å². The molecule has 78 valence electrons. The average Bonchev–Trinajstić information content (AvgIpc) is 2.60. The van der Waals surface area contributed by atoms with E-state index in [9.17, 15) is 0 Å². The van der Waals surface area contributed by atoms with Crippen LogP contribution in [-0.4, -0.2) is 6.04 Å². The molecular formula is C12H19NO. The van der Waals surface area contributed by atoms with E-state index in [-0.39, 0.29) is 0 Å². The Hall–Kier alpha value is -0.760. The van der Waals surface area contributed by atoms with Gasteiger partial charge in [-0.05, 0) is 25.3 Å². The minimum Gasteiger partial charge on any atom is -0.472 e. The van der Waals surface area contributed by atoms with Crippen LogP contribution in [0.1, 0.15) is 38.2 Å². The molecule has 1 heterocycles. The Bertz CT molecular complexity index is 251. The summed E-state index contributed by atoms with van der Waals surface area (Å²) in [6.07, 6.45) is 9.20. The van der Waals surface area contributed by atoms with E-state index in [1.54, 1.807) is 6.26 Å². The molecule has 2 heteroatoms. The molecule has 2 nitrogen and oxygen atoms in total. The van der Waals surface area contributed by atoms with Crippen LogP contribution in [0.15, 0.2) is 23.0 Å². The molecule has 0 saturated heterocycles. The number of nitrogens with one attached hydrogen (secondary N) is 1. The second-order valence-corrected chi connectivity index (χ2v) is 4.45. The topological polar surface area (TPSA) is 25.2 Å². The van der Waals surface area contributed by atoms with E-state index in [1.807, 2.05) is 12.3 Å². The molecule has 2 rings (SSSR count). The second kappa shape index (κ2) is 4.65. The Morgan fingerprint density at radius 2 is 2.43 bits per heavy atom. The highest BCUT2D eigenvalue weighted by Gasteiger charge is 2.19. The van der Waals surface area contributed by atoms with Crippen molar-refractivity contribution in [2.45, 2.75) is 45.2 Å². The molecule has 1 aliphatic carbocycles. The van der Waals surface area contributed by atoms with Gasteiger partial charge in [-0.25, -0.2) is 0 Å². The van der Waals surface area contributed by atoms with Gasteiger partial charge in [0, 0.05) is 18.2 Å². The van der Waals surface area contributed by atoms with Gasteiger partial charge < -0.3 is 9.73 Å². The third kappa shape index (κ3) is 2.61. The van der Waals surface area contributed by atoms with Crippen molar-refractivity contribution in [3.8, 4) is 0 Å². The van der Waals surface area contributed by atoms with Crippen LogP contribution < -0.4 is 5.32 Å². The lowest BCUT2D eigenvalue weighted by Gasteiger charge is -2.28. The van der Waals surface area contributed by atoms with Gasteiger partial charge in [-0.1, -0.05) is 19.3 Å². The first kappa shape index (κ1) is 9.78. The molecule has 0 amide bonds. The number of hydrogen-bond acceptors (Lipinski definition) is 2. The Balaban J connectivity index is 1.64. The summed E-state index contributed by atoms with van der Waals surface area (Å²) < 4.78 is 5.02. The van der Waals surface area contributed by atoms with Gasteiger partial charge in [0.1, 0.15) is 0 Å². The third-order valence-electron chi connectivity index (χ3n) is 3.15. The highest BCUT2D eigenvalue weighted by molar-refractivity contribution is 5.04.